The molecule has 6 heteroatoms. The Bertz CT molecular complexity index is 851. The van der Waals surface area contributed by atoms with Crippen LogP contribution in [-0.2, 0) is 0 Å². The predicted octanol–water partition coefficient (Wildman–Crippen LogP) is 4.83. The summed E-state index contributed by atoms with van der Waals surface area (Å²) in [6.45, 7) is 3.89. The number of rotatable bonds is 2. The van der Waals surface area contributed by atoms with Crippen LogP contribution in [0.4, 0.5) is 17.1 Å². The van der Waals surface area contributed by atoms with E-state index in [0.29, 0.717) is 16.2 Å². The van der Waals surface area contributed by atoms with Gasteiger partial charge in [-0.2, -0.15) is 5.11 Å². The average Bonchev–Trinajstić information content (AvgIpc) is 2.90. The number of H-pyrrole nitrogens is 1. The Balaban J connectivity index is 2.09. The Kier molecular flexibility index (Phi) is 3.35. The molecular formula is C15H14ClN5. The molecule has 1 aromatic heterocycles. The van der Waals surface area contributed by atoms with E-state index in [4.69, 9.17) is 17.3 Å². The average molecular weight is 300 g/mol. The van der Waals surface area contributed by atoms with Crippen molar-refractivity contribution in [3.8, 4) is 0 Å². The first-order valence-corrected chi connectivity index (χ1v) is 6.84. The molecule has 0 spiro atoms. The van der Waals surface area contributed by atoms with Gasteiger partial charge in [0.2, 0.25) is 0 Å². The smallest absolute Gasteiger partial charge is 0.114 e. The number of nitrogens with zero attached hydrogens (tertiary/aromatic N) is 3. The number of nitrogens with two attached hydrogens (primary N) is 1. The Morgan fingerprint density at radius 2 is 1.95 bits per heavy atom. The number of hydrogen-bond donors (Lipinski definition) is 2. The van der Waals surface area contributed by atoms with Gasteiger partial charge in [0.15, 0.2) is 0 Å². The van der Waals surface area contributed by atoms with Crippen molar-refractivity contribution in [3.63, 3.8) is 0 Å². The fourth-order valence-electron chi connectivity index (χ4n) is 2.22. The van der Waals surface area contributed by atoms with E-state index in [0.717, 1.165) is 28.0 Å². The highest BCUT2D eigenvalue weighted by Gasteiger charge is 2.10. The minimum Gasteiger partial charge on any atom is -0.397 e. The van der Waals surface area contributed by atoms with E-state index in [-0.39, 0.29) is 0 Å². The summed E-state index contributed by atoms with van der Waals surface area (Å²) in [4.78, 5) is 7.27. The molecule has 0 amide bonds. The molecular weight excluding hydrogens is 286 g/mol. The Labute approximate surface area is 126 Å². The number of benzene rings is 2. The quantitative estimate of drug-likeness (QED) is 0.525. The number of aromatic nitrogens is 2. The molecule has 0 saturated heterocycles. The molecule has 0 saturated carbocycles. The number of nitrogens with one attached hydrogen (secondary N) is 1. The van der Waals surface area contributed by atoms with E-state index in [1.54, 1.807) is 12.4 Å². The van der Waals surface area contributed by atoms with Crippen LogP contribution >= 0.6 is 11.6 Å². The van der Waals surface area contributed by atoms with Crippen LogP contribution in [-0.4, -0.2) is 9.97 Å². The second kappa shape index (κ2) is 5.18. The number of aryl methyl sites for hydroxylation is 2. The molecule has 0 bridgehead atoms. The monoisotopic (exact) mass is 299 g/mol. The molecule has 0 aliphatic carbocycles. The van der Waals surface area contributed by atoms with E-state index in [1.807, 2.05) is 32.0 Å². The molecule has 0 aliphatic rings. The van der Waals surface area contributed by atoms with Gasteiger partial charge in [-0.25, -0.2) is 4.98 Å². The van der Waals surface area contributed by atoms with E-state index in [9.17, 15) is 0 Å². The number of nitrogen functional groups attached to an aromatic ring is 1. The number of imidazole rings is 1. The molecule has 2 aromatic carbocycles. The highest BCUT2D eigenvalue weighted by Crippen LogP contribution is 2.33. The van der Waals surface area contributed by atoms with Crippen LogP contribution in [0.5, 0.6) is 0 Å². The molecule has 3 aromatic rings. The zero-order chi connectivity index (χ0) is 15.0. The van der Waals surface area contributed by atoms with Gasteiger partial charge in [0.1, 0.15) is 11.2 Å². The normalized spacial score (nSPS) is 11.6. The van der Waals surface area contributed by atoms with Crippen molar-refractivity contribution in [1.82, 2.24) is 9.97 Å². The fourth-order valence-corrected chi connectivity index (χ4v) is 2.45. The fraction of sp³-hybridized carbons (Fsp3) is 0.133. The predicted molar refractivity (Wildman–Crippen MR) is 85.6 cm³/mol. The maximum Gasteiger partial charge on any atom is 0.114 e. The molecule has 0 radical (unpaired) electrons. The lowest BCUT2D eigenvalue weighted by Gasteiger charge is -2.04. The summed E-state index contributed by atoms with van der Waals surface area (Å²) in [5, 5.41) is 9.36. The summed E-state index contributed by atoms with van der Waals surface area (Å²) >= 11 is 5.94. The first-order valence-electron chi connectivity index (χ1n) is 6.46. The largest absolute Gasteiger partial charge is 0.397 e. The van der Waals surface area contributed by atoms with Crippen LogP contribution in [0.1, 0.15) is 11.1 Å². The Hall–Kier alpha value is -2.40. The molecule has 106 valence electrons. The zero-order valence-electron chi connectivity index (χ0n) is 11.7. The standard InChI is InChI=1S/C15H14ClN5/c1-8-5-10(16)3-4-12(8)20-21-13-9(2)6-11(17)14-15(13)19-7-18-14/h3-7H,17H2,1-2H3,(H,18,19). The lowest BCUT2D eigenvalue weighted by atomic mass is 10.1. The SMILES string of the molecule is Cc1cc(Cl)ccc1N=Nc1c(C)cc(N)c2nc[nH]c12. The molecule has 3 N–H and O–H groups in total. The van der Waals surface area contributed by atoms with Gasteiger partial charge in [0, 0.05) is 5.02 Å². The van der Waals surface area contributed by atoms with Gasteiger partial charge in [-0.1, -0.05) is 11.6 Å². The lowest BCUT2D eigenvalue weighted by molar-refractivity contribution is 1.20. The summed E-state index contributed by atoms with van der Waals surface area (Å²) in [5.41, 5.74) is 11.5. The molecule has 0 aliphatic heterocycles. The van der Waals surface area contributed by atoms with E-state index in [2.05, 4.69) is 20.2 Å². The third kappa shape index (κ3) is 2.48. The highest BCUT2D eigenvalue weighted by atomic mass is 35.5. The van der Waals surface area contributed by atoms with Crippen molar-refractivity contribution in [1.29, 1.82) is 0 Å². The van der Waals surface area contributed by atoms with Crippen LogP contribution in [0.2, 0.25) is 5.02 Å². The van der Waals surface area contributed by atoms with Crippen LogP contribution in [0.15, 0.2) is 40.8 Å². The highest BCUT2D eigenvalue weighted by molar-refractivity contribution is 6.30. The van der Waals surface area contributed by atoms with Gasteiger partial charge in [-0.15, -0.1) is 5.11 Å². The molecule has 0 unspecified atom stereocenters. The van der Waals surface area contributed by atoms with Crippen molar-refractivity contribution in [3.05, 3.63) is 46.7 Å². The van der Waals surface area contributed by atoms with Crippen molar-refractivity contribution >= 4 is 39.7 Å². The van der Waals surface area contributed by atoms with Crippen molar-refractivity contribution < 1.29 is 0 Å². The van der Waals surface area contributed by atoms with Gasteiger partial charge in [-0.05, 0) is 49.2 Å². The molecule has 5 nitrogen and oxygen atoms in total. The van der Waals surface area contributed by atoms with Gasteiger partial charge in [0.25, 0.3) is 0 Å². The van der Waals surface area contributed by atoms with Crippen LogP contribution in [0.3, 0.4) is 0 Å². The summed E-state index contributed by atoms with van der Waals surface area (Å²) in [6.07, 6.45) is 1.60. The minimum atomic E-state index is 0.630. The van der Waals surface area contributed by atoms with Gasteiger partial charge >= 0.3 is 0 Å². The van der Waals surface area contributed by atoms with Crippen LogP contribution in [0, 0.1) is 13.8 Å². The summed E-state index contributed by atoms with van der Waals surface area (Å²) in [6, 6.07) is 7.35. The third-order valence-corrected chi connectivity index (χ3v) is 3.55. The van der Waals surface area contributed by atoms with E-state index in [1.165, 1.54) is 0 Å². The summed E-state index contributed by atoms with van der Waals surface area (Å²) < 4.78 is 0. The third-order valence-electron chi connectivity index (χ3n) is 3.31. The molecule has 0 atom stereocenters. The van der Waals surface area contributed by atoms with Crippen molar-refractivity contribution in [2.75, 3.05) is 5.73 Å². The Morgan fingerprint density at radius 3 is 2.71 bits per heavy atom. The van der Waals surface area contributed by atoms with E-state index >= 15 is 0 Å². The maximum atomic E-state index is 5.95. The zero-order valence-corrected chi connectivity index (χ0v) is 12.4. The molecule has 21 heavy (non-hydrogen) atoms. The number of anilines is 1. The number of aromatic amines is 1. The maximum absolute atomic E-state index is 5.95. The first-order chi connectivity index (χ1) is 10.1. The minimum absolute atomic E-state index is 0.630. The molecule has 1 heterocycles. The van der Waals surface area contributed by atoms with Gasteiger partial charge in [0.05, 0.1) is 23.2 Å². The van der Waals surface area contributed by atoms with Gasteiger partial charge in [-0.3, -0.25) is 0 Å². The second-order valence-electron chi connectivity index (χ2n) is 4.89. The van der Waals surface area contributed by atoms with Crippen molar-refractivity contribution in [2.24, 2.45) is 10.2 Å². The second-order valence-corrected chi connectivity index (χ2v) is 5.32. The summed E-state index contributed by atoms with van der Waals surface area (Å²) in [5.74, 6) is 0. The number of azo groups is 1. The van der Waals surface area contributed by atoms with Gasteiger partial charge < -0.3 is 10.7 Å². The number of hydrogen-bond acceptors (Lipinski definition) is 4. The number of halogens is 1. The molecule has 3 rings (SSSR count). The van der Waals surface area contributed by atoms with Crippen molar-refractivity contribution in [2.45, 2.75) is 13.8 Å². The topological polar surface area (TPSA) is 79.4 Å². The molecule has 0 fully saturated rings. The Morgan fingerprint density at radius 1 is 1.14 bits per heavy atom. The van der Waals surface area contributed by atoms with Crippen LogP contribution < -0.4 is 5.73 Å². The first kappa shape index (κ1) is 13.6. The van der Waals surface area contributed by atoms with Crippen LogP contribution in [0.25, 0.3) is 11.0 Å². The summed E-state index contributed by atoms with van der Waals surface area (Å²) in [7, 11) is 0. The lowest BCUT2D eigenvalue weighted by Crippen LogP contribution is -1.89. The number of fused-ring (bicyclic) bond motifs is 1. The van der Waals surface area contributed by atoms with E-state index < -0.39 is 0 Å².